The van der Waals surface area contributed by atoms with Crippen molar-refractivity contribution in [2.24, 2.45) is 0 Å². The van der Waals surface area contributed by atoms with Gasteiger partial charge in [0.15, 0.2) is 0 Å². The third-order valence-electron chi connectivity index (χ3n) is 5.90. The van der Waals surface area contributed by atoms with Gasteiger partial charge in [-0.05, 0) is 79.8 Å². The predicted octanol–water partition coefficient (Wildman–Crippen LogP) is 7.80. The molecule has 0 bridgehead atoms. The van der Waals surface area contributed by atoms with Crippen molar-refractivity contribution in [2.45, 2.75) is 76.8 Å². The van der Waals surface area contributed by atoms with E-state index in [1.165, 1.54) is 18.1 Å². The fourth-order valence-corrected chi connectivity index (χ4v) is 4.42. The number of aryl methyl sites for hydroxylation is 2. The molecule has 30 heavy (non-hydrogen) atoms. The molecule has 0 aliphatic carbocycles. The number of fused-ring (bicyclic) bond motifs is 1. The number of anilines is 1. The van der Waals surface area contributed by atoms with Gasteiger partial charge in [-0.2, -0.15) is 13.2 Å². The third kappa shape index (κ3) is 6.37. The lowest BCUT2D eigenvalue weighted by Crippen LogP contribution is -2.13. The monoisotopic (exact) mass is 438 g/mol. The van der Waals surface area contributed by atoms with Crippen molar-refractivity contribution in [2.75, 3.05) is 11.9 Å². The molecule has 1 unspecified atom stereocenters. The molecule has 1 aliphatic heterocycles. The van der Waals surface area contributed by atoms with Gasteiger partial charge in [-0.15, -0.1) is 0 Å². The van der Waals surface area contributed by atoms with Gasteiger partial charge in [-0.25, -0.2) is 4.98 Å². The van der Waals surface area contributed by atoms with E-state index in [1.807, 2.05) is 6.92 Å². The number of aromatic nitrogens is 1. The Bertz CT molecular complexity index is 836. The molecule has 164 valence electrons. The quantitative estimate of drug-likeness (QED) is 0.404. The summed E-state index contributed by atoms with van der Waals surface area (Å²) in [4.78, 5) is 4.73. The molecule has 0 amide bonds. The van der Waals surface area contributed by atoms with Crippen LogP contribution in [0.25, 0.3) is 0 Å². The number of rotatable bonds is 9. The Morgan fingerprint density at radius 3 is 2.67 bits per heavy atom. The lowest BCUT2D eigenvalue weighted by atomic mass is 9.89. The Balaban J connectivity index is 1.44. The van der Waals surface area contributed by atoms with Gasteiger partial charge in [0.25, 0.3) is 0 Å². The standard InChI is InChI=1S/C24H30ClF3N2/c1-2-17(19-14-20(24(26,27)28)16-21(25)15-19)8-5-3-4-6-10-22-12-11-18-9-7-13-29-23(18)30-22/h11-12,14-17H,2-10,13H2,1H3,(H,29,30). The molecular formula is C24H30ClF3N2. The van der Waals surface area contributed by atoms with Crippen LogP contribution in [0.15, 0.2) is 30.3 Å². The maximum Gasteiger partial charge on any atom is 0.416 e. The summed E-state index contributed by atoms with van der Waals surface area (Å²) in [7, 11) is 0. The molecule has 0 saturated carbocycles. The van der Waals surface area contributed by atoms with E-state index >= 15 is 0 Å². The van der Waals surface area contributed by atoms with Gasteiger partial charge in [0.05, 0.1) is 5.56 Å². The van der Waals surface area contributed by atoms with E-state index in [9.17, 15) is 13.2 Å². The number of pyridine rings is 1. The first-order chi connectivity index (χ1) is 14.4. The number of unbranched alkanes of at least 4 members (excludes halogenated alkanes) is 3. The number of nitrogens with zero attached hydrogens (tertiary/aromatic N) is 1. The van der Waals surface area contributed by atoms with Crippen molar-refractivity contribution in [3.05, 3.63) is 57.7 Å². The van der Waals surface area contributed by atoms with Crippen LogP contribution in [0.2, 0.25) is 5.02 Å². The van der Waals surface area contributed by atoms with Crippen molar-refractivity contribution in [1.82, 2.24) is 4.98 Å². The zero-order valence-corrected chi connectivity index (χ0v) is 18.3. The molecule has 1 aromatic carbocycles. The van der Waals surface area contributed by atoms with Crippen LogP contribution >= 0.6 is 11.6 Å². The highest BCUT2D eigenvalue weighted by molar-refractivity contribution is 6.30. The Kier molecular flexibility index (Phi) is 8.04. The molecule has 0 saturated heterocycles. The van der Waals surface area contributed by atoms with Gasteiger partial charge in [-0.3, -0.25) is 0 Å². The van der Waals surface area contributed by atoms with Crippen LogP contribution in [-0.4, -0.2) is 11.5 Å². The number of hydrogen-bond donors (Lipinski definition) is 1. The molecule has 0 fully saturated rings. The van der Waals surface area contributed by atoms with Crippen molar-refractivity contribution in [1.29, 1.82) is 0 Å². The fourth-order valence-electron chi connectivity index (χ4n) is 4.18. The second-order valence-electron chi connectivity index (χ2n) is 8.17. The van der Waals surface area contributed by atoms with E-state index in [0.29, 0.717) is 5.56 Å². The van der Waals surface area contributed by atoms with E-state index in [2.05, 4.69) is 17.4 Å². The number of hydrogen-bond acceptors (Lipinski definition) is 2. The molecule has 1 aromatic heterocycles. The Morgan fingerprint density at radius 2 is 1.90 bits per heavy atom. The molecule has 3 rings (SSSR count). The largest absolute Gasteiger partial charge is 0.416 e. The lowest BCUT2D eigenvalue weighted by Gasteiger charge is -2.18. The maximum atomic E-state index is 13.1. The summed E-state index contributed by atoms with van der Waals surface area (Å²) in [5, 5.41) is 3.53. The highest BCUT2D eigenvalue weighted by Gasteiger charge is 2.31. The van der Waals surface area contributed by atoms with Crippen molar-refractivity contribution < 1.29 is 13.2 Å². The summed E-state index contributed by atoms with van der Waals surface area (Å²) in [6.45, 7) is 3.02. The molecule has 6 heteroatoms. The molecular weight excluding hydrogens is 409 g/mol. The molecule has 1 N–H and O–H groups in total. The van der Waals surface area contributed by atoms with Crippen LogP contribution in [0.5, 0.6) is 0 Å². The van der Waals surface area contributed by atoms with Gasteiger partial charge >= 0.3 is 6.18 Å². The van der Waals surface area contributed by atoms with Gasteiger partial charge in [-0.1, -0.05) is 43.9 Å². The molecule has 2 aromatic rings. The summed E-state index contributed by atoms with van der Waals surface area (Å²) < 4.78 is 39.2. The van der Waals surface area contributed by atoms with Gasteiger partial charge in [0.2, 0.25) is 0 Å². The van der Waals surface area contributed by atoms with Crippen molar-refractivity contribution in [3.8, 4) is 0 Å². The van der Waals surface area contributed by atoms with Crippen LogP contribution in [0.3, 0.4) is 0 Å². The first kappa shape index (κ1) is 22.9. The Hall–Kier alpha value is -1.75. The number of nitrogens with one attached hydrogen (secondary N) is 1. The minimum atomic E-state index is -4.36. The van der Waals surface area contributed by atoms with Gasteiger partial charge in [0, 0.05) is 17.3 Å². The van der Waals surface area contributed by atoms with Gasteiger partial charge < -0.3 is 5.32 Å². The van der Waals surface area contributed by atoms with Crippen LogP contribution in [0, 0.1) is 0 Å². The SMILES string of the molecule is CCC(CCCCCCc1ccc2c(n1)NCCC2)c1cc(Cl)cc(C(F)(F)F)c1. The second-order valence-corrected chi connectivity index (χ2v) is 8.61. The summed E-state index contributed by atoms with van der Waals surface area (Å²) in [6, 6.07) is 8.27. The van der Waals surface area contributed by atoms with E-state index in [0.717, 1.165) is 75.5 Å². The first-order valence-corrected chi connectivity index (χ1v) is 11.3. The highest BCUT2D eigenvalue weighted by atomic mass is 35.5. The van der Waals surface area contributed by atoms with Crippen molar-refractivity contribution in [3.63, 3.8) is 0 Å². The zero-order valence-electron chi connectivity index (χ0n) is 17.5. The normalized spacial score (nSPS) is 14.8. The van der Waals surface area contributed by atoms with E-state index in [4.69, 9.17) is 16.6 Å². The maximum absolute atomic E-state index is 13.1. The Morgan fingerprint density at radius 1 is 1.10 bits per heavy atom. The predicted molar refractivity (Wildman–Crippen MR) is 117 cm³/mol. The average Bonchev–Trinajstić information content (AvgIpc) is 2.72. The number of alkyl halides is 3. The van der Waals surface area contributed by atoms with Crippen LogP contribution in [0.4, 0.5) is 19.0 Å². The minimum absolute atomic E-state index is 0.109. The molecule has 0 spiro atoms. The summed E-state index contributed by atoms with van der Waals surface area (Å²) in [5.41, 5.74) is 2.48. The third-order valence-corrected chi connectivity index (χ3v) is 6.12. The number of benzene rings is 1. The van der Waals surface area contributed by atoms with Crippen LogP contribution in [-0.2, 0) is 19.0 Å². The second kappa shape index (κ2) is 10.5. The highest BCUT2D eigenvalue weighted by Crippen LogP contribution is 2.35. The topological polar surface area (TPSA) is 24.9 Å². The zero-order chi connectivity index (χ0) is 21.6. The van der Waals surface area contributed by atoms with Gasteiger partial charge in [0.1, 0.15) is 5.82 Å². The summed E-state index contributed by atoms with van der Waals surface area (Å²) in [6.07, 6.45) is 4.83. The molecule has 2 heterocycles. The minimum Gasteiger partial charge on any atom is -0.370 e. The summed E-state index contributed by atoms with van der Waals surface area (Å²) in [5.74, 6) is 1.16. The smallest absolute Gasteiger partial charge is 0.370 e. The molecule has 1 aliphatic rings. The van der Waals surface area contributed by atoms with E-state index in [-0.39, 0.29) is 10.9 Å². The lowest BCUT2D eigenvalue weighted by molar-refractivity contribution is -0.137. The first-order valence-electron chi connectivity index (χ1n) is 11.0. The summed E-state index contributed by atoms with van der Waals surface area (Å²) >= 11 is 5.95. The molecule has 1 atom stereocenters. The van der Waals surface area contributed by atoms with Crippen LogP contribution in [0.1, 0.15) is 80.2 Å². The Labute approximate surface area is 182 Å². The molecule has 0 radical (unpaired) electrons. The van der Waals surface area contributed by atoms with Crippen molar-refractivity contribution >= 4 is 17.4 Å². The molecule has 2 nitrogen and oxygen atoms in total. The number of halogens is 4. The van der Waals surface area contributed by atoms with Crippen LogP contribution < -0.4 is 5.32 Å². The fraction of sp³-hybridized carbons (Fsp3) is 0.542. The average molecular weight is 439 g/mol. The van der Waals surface area contributed by atoms with E-state index < -0.39 is 11.7 Å². The van der Waals surface area contributed by atoms with E-state index in [1.54, 1.807) is 6.07 Å².